The van der Waals surface area contributed by atoms with Gasteiger partial charge in [0.25, 0.3) is 0 Å². The highest BCUT2D eigenvalue weighted by Crippen LogP contribution is 2.45. The molecule has 1 saturated heterocycles. The number of rotatable bonds is 7. The number of pyridine rings is 1. The quantitative estimate of drug-likeness (QED) is 0.251. The van der Waals surface area contributed by atoms with Crippen LogP contribution in [0.15, 0.2) is 35.7 Å². The number of methoxy groups -OCH3 is 1. The van der Waals surface area contributed by atoms with E-state index in [4.69, 9.17) is 24.2 Å². The molecule has 12 heteroatoms. The number of hydrogen-bond donors (Lipinski definition) is 2. The van der Waals surface area contributed by atoms with Gasteiger partial charge in [0.1, 0.15) is 39.4 Å². The largest absolute Gasteiger partial charge is 0.496 e. The maximum absolute atomic E-state index is 13.9. The van der Waals surface area contributed by atoms with E-state index in [1.165, 1.54) is 11.3 Å². The molecule has 1 aromatic carbocycles. The maximum Gasteiger partial charge on any atom is 0.330 e. The molecule has 3 aromatic rings. The number of nitrogens with one attached hydrogen (secondary N) is 1. The summed E-state index contributed by atoms with van der Waals surface area (Å²) in [5, 5.41) is 16.7. The monoisotopic (exact) mass is 676 g/mol. The highest BCUT2D eigenvalue weighted by molar-refractivity contribution is 7.13. The molecule has 6 rings (SSSR count). The van der Waals surface area contributed by atoms with Gasteiger partial charge in [-0.3, -0.25) is 9.69 Å². The second kappa shape index (κ2) is 13.6. The third-order valence-corrected chi connectivity index (χ3v) is 10.6. The summed E-state index contributed by atoms with van der Waals surface area (Å²) in [5.41, 5.74) is 0.770. The number of carboxylic acids is 1. The van der Waals surface area contributed by atoms with Crippen LogP contribution in [0.1, 0.15) is 70.1 Å². The van der Waals surface area contributed by atoms with Crippen LogP contribution in [-0.4, -0.2) is 88.2 Å². The minimum atomic E-state index is -1.34. The standard InChI is InChI=1S/C36H44N4O7S/c1-21(2)27-18-48-33(38-27)26-15-30(25-11-12-29(45-5)22(3)31(25)37-26)47-24-14-28-32(42)39-36(34(43)44)16-23(36)10-8-6-7-9-13-46-35(4,20-41)19-40(28)17-24/h8,10-12,15,18,20-21,23-24,28H,6-7,9,13-14,16-17,19H2,1-5H3,(H,39,42)(H,43,44)/b10-8-/t23-,24-,28+,35-,36-/m1/s1. The molecule has 0 unspecified atom stereocenters. The second-order valence-electron chi connectivity index (χ2n) is 13.7. The lowest BCUT2D eigenvalue weighted by Crippen LogP contribution is -2.54. The molecule has 3 aliphatic rings. The van der Waals surface area contributed by atoms with Gasteiger partial charge < -0.3 is 29.4 Å². The SMILES string of the molecule is COc1ccc2c(O[C@@H]3C[C@H]4C(=O)N[C@]5(C(=O)O)C[C@H]5/C=C\CCCCO[C@@](C)(C=O)CN4C3)cc(-c3nc(C(C)C)cs3)nc2c1C. The number of amides is 1. The summed E-state index contributed by atoms with van der Waals surface area (Å²) in [6, 6.07) is 4.97. The summed E-state index contributed by atoms with van der Waals surface area (Å²) < 4.78 is 18.4. The van der Waals surface area contributed by atoms with E-state index in [-0.39, 0.29) is 18.4 Å². The van der Waals surface area contributed by atoms with Crippen molar-refractivity contribution in [2.75, 3.05) is 26.8 Å². The predicted molar refractivity (Wildman–Crippen MR) is 183 cm³/mol. The first-order valence-corrected chi connectivity index (χ1v) is 17.5. The molecule has 0 spiro atoms. The number of nitrogens with zero attached hydrogens (tertiary/aromatic N) is 3. The summed E-state index contributed by atoms with van der Waals surface area (Å²) in [4.78, 5) is 50.5. The normalized spacial score (nSPS) is 28.9. The van der Waals surface area contributed by atoms with E-state index < -0.39 is 35.2 Å². The molecular formula is C36H44N4O7S. The number of aldehydes is 1. The van der Waals surface area contributed by atoms with Crippen LogP contribution >= 0.6 is 11.3 Å². The van der Waals surface area contributed by atoms with E-state index >= 15 is 0 Å². The smallest absolute Gasteiger partial charge is 0.330 e. The summed E-state index contributed by atoms with van der Waals surface area (Å²) in [6.45, 7) is 8.78. The van der Waals surface area contributed by atoms with Crippen LogP contribution in [0.25, 0.3) is 21.6 Å². The average molecular weight is 677 g/mol. The highest BCUT2D eigenvalue weighted by Gasteiger charge is 2.61. The first kappa shape index (κ1) is 34.0. The first-order chi connectivity index (χ1) is 23.0. The van der Waals surface area contributed by atoms with Crippen LogP contribution in [0.3, 0.4) is 0 Å². The van der Waals surface area contributed by atoms with Crippen molar-refractivity contribution >= 4 is 40.4 Å². The molecule has 2 aliphatic heterocycles. The molecule has 0 radical (unpaired) electrons. The molecule has 4 heterocycles. The molecular weight excluding hydrogens is 632 g/mol. The van der Waals surface area contributed by atoms with E-state index in [9.17, 15) is 19.5 Å². The minimum Gasteiger partial charge on any atom is -0.496 e. The number of aliphatic carboxylic acids is 1. The molecule has 48 heavy (non-hydrogen) atoms. The van der Waals surface area contributed by atoms with Crippen molar-refractivity contribution in [2.45, 2.75) is 89.0 Å². The van der Waals surface area contributed by atoms with Gasteiger partial charge in [0.2, 0.25) is 5.91 Å². The third-order valence-electron chi connectivity index (χ3n) is 9.73. The zero-order valence-electron chi connectivity index (χ0n) is 28.2. The lowest BCUT2D eigenvalue weighted by Gasteiger charge is -2.32. The highest BCUT2D eigenvalue weighted by atomic mass is 32.1. The first-order valence-electron chi connectivity index (χ1n) is 16.6. The van der Waals surface area contributed by atoms with Crippen LogP contribution in [0.4, 0.5) is 0 Å². The van der Waals surface area contributed by atoms with E-state index in [0.29, 0.717) is 43.2 Å². The molecule has 0 bridgehead atoms. The molecule has 256 valence electrons. The Bertz CT molecular complexity index is 1740. The number of carbonyl (C=O) groups is 3. The zero-order chi connectivity index (χ0) is 34.2. The van der Waals surface area contributed by atoms with Crippen LogP contribution in [0.5, 0.6) is 11.5 Å². The number of aromatic nitrogens is 2. The number of thiazole rings is 1. The van der Waals surface area contributed by atoms with Crippen molar-refractivity contribution in [1.29, 1.82) is 0 Å². The van der Waals surface area contributed by atoms with Crippen molar-refractivity contribution in [3.63, 3.8) is 0 Å². The number of ether oxygens (including phenoxy) is 3. The Balaban J connectivity index is 1.35. The Morgan fingerprint density at radius 2 is 2.06 bits per heavy atom. The van der Waals surface area contributed by atoms with Gasteiger partial charge in [0.05, 0.1) is 24.4 Å². The Hall–Kier alpha value is -3.87. The van der Waals surface area contributed by atoms with E-state index in [0.717, 1.165) is 52.7 Å². The van der Waals surface area contributed by atoms with E-state index in [1.54, 1.807) is 14.0 Å². The van der Waals surface area contributed by atoms with Crippen molar-refractivity contribution < 1.29 is 33.7 Å². The predicted octanol–water partition coefficient (Wildman–Crippen LogP) is 5.29. The van der Waals surface area contributed by atoms with Crippen LogP contribution < -0.4 is 14.8 Å². The maximum atomic E-state index is 13.9. The minimum absolute atomic E-state index is 0.159. The van der Waals surface area contributed by atoms with Gasteiger partial charge in [-0.05, 0) is 57.6 Å². The number of hydrogen-bond acceptors (Lipinski definition) is 10. The average Bonchev–Trinajstić information content (AvgIpc) is 3.35. The molecule has 11 nitrogen and oxygen atoms in total. The lowest BCUT2D eigenvalue weighted by molar-refractivity contribution is -0.144. The topological polar surface area (TPSA) is 140 Å². The number of carboxylic acid groups (broad SMARTS) is 1. The molecule has 1 saturated carbocycles. The van der Waals surface area contributed by atoms with Gasteiger partial charge in [0, 0.05) is 54.4 Å². The summed E-state index contributed by atoms with van der Waals surface area (Å²) in [6.07, 6.45) is 7.24. The summed E-state index contributed by atoms with van der Waals surface area (Å²) in [7, 11) is 1.63. The molecule has 2 fully saturated rings. The van der Waals surface area contributed by atoms with Gasteiger partial charge in [-0.2, -0.15) is 0 Å². The zero-order valence-corrected chi connectivity index (χ0v) is 29.0. The summed E-state index contributed by atoms with van der Waals surface area (Å²) in [5.74, 6) is -0.140. The molecule has 1 aliphatic carbocycles. The molecule has 1 amide bonds. The fourth-order valence-electron chi connectivity index (χ4n) is 6.77. The molecule has 2 N–H and O–H groups in total. The Morgan fingerprint density at radius 1 is 1.25 bits per heavy atom. The number of fused-ring (bicyclic) bond motifs is 3. The fourth-order valence-corrected chi connectivity index (χ4v) is 7.71. The van der Waals surface area contributed by atoms with Crippen LogP contribution in [0.2, 0.25) is 0 Å². The fraction of sp³-hybridized carbons (Fsp3) is 0.528. The Kier molecular flexibility index (Phi) is 9.61. The van der Waals surface area contributed by atoms with Crippen molar-refractivity contribution in [1.82, 2.24) is 20.2 Å². The number of allylic oxidation sites excluding steroid dienone is 1. The molecule has 5 atom stereocenters. The van der Waals surface area contributed by atoms with Crippen molar-refractivity contribution in [3.8, 4) is 22.2 Å². The van der Waals surface area contributed by atoms with Crippen molar-refractivity contribution in [2.24, 2.45) is 5.92 Å². The Labute approximate surface area is 284 Å². The van der Waals surface area contributed by atoms with Crippen LogP contribution in [-0.2, 0) is 19.1 Å². The van der Waals surface area contributed by atoms with Gasteiger partial charge in [0.15, 0.2) is 6.29 Å². The van der Waals surface area contributed by atoms with Gasteiger partial charge in [-0.1, -0.05) is 26.0 Å². The molecule has 2 aromatic heterocycles. The summed E-state index contributed by atoms with van der Waals surface area (Å²) >= 11 is 1.53. The van der Waals surface area contributed by atoms with E-state index in [1.807, 2.05) is 47.6 Å². The lowest BCUT2D eigenvalue weighted by atomic mass is 10.1. The van der Waals surface area contributed by atoms with Crippen LogP contribution in [0, 0.1) is 12.8 Å². The number of aryl methyl sites for hydroxylation is 1. The Morgan fingerprint density at radius 3 is 2.77 bits per heavy atom. The number of carbonyl (C=O) groups excluding carboxylic acids is 2. The van der Waals surface area contributed by atoms with Gasteiger partial charge in [-0.25, -0.2) is 14.8 Å². The van der Waals surface area contributed by atoms with Crippen molar-refractivity contribution in [3.05, 3.63) is 47.0 Å². The van der Waals surface area contributed by atoms with Gasteiger partial charge >= 0.3 is 5.97 Å². The number of benzene rings is 1. The van der Waals surface area contributed by atoms with Gasteiger partial charge in [-0.15, -0.1) is 11.3 Å². The third kappa shape index (κ3) is 6.70. The second-order valence-corrected chi connectivity index (χ2v) is 14.6. The van der Waals surface area contributed by atoms with E-state index in [2.05, 4.69) is 19.2 Å².